The Kier molecular flexibility index (Phi) is 5.22. The van der Waals surface area contributed by atoms with Gasteiger partial charge in [0.15, 0.2) is 0 Å². The van der Waals surface area contributed by atoms with Gasteiger partial charge in [-0.2, -0.15) is 0 Å². The predicted octanol–water partition coefficient (Wildman–Crippen LogP) is 4.34. The quantitative estimate of drug-likeness (QED) is 0.863. The maximum Gasteiger partial charge on any atom is 0.319 e. The number of carbonyl (C=O) groups excluding carboxylic acids is 1. The second-order valence-corrected chi connectivity index (χ2v) is 5.43. The molecule has 0 aliphatic carbocycles. The molecular weight excluding hydrogens is 332 g/mol. The zero-order valence-electron chi connectivity index (χ0n) is 11.9. The molecule has 2 amide bonds. The van der Waals surface area contributed by atoms with Gasteiger partial charge in [0, 0.05) is 4.47 Å². The van der Waals surface area contributed by atoms with E-state index in [2.05, 4.69) is 26.6 Å². The predicted molar refractivity (Wildman–Crippen MR) is 87.7 cm³/mol. The first-order valence-corrected chi connectivity index (χ1v) is 7.35. The number of para-hydroxylation sites is 1. The molecule has 1 unspecified atom stereocenters. The van der Waals surface area contributed by atoms with Crippen molar-refractivity contribution in [3.05, 3.63) is 58.6 Å². The van der Waals surface area contributed by atoms with E-state index in [4.69, 9.17) is 4.74 Å². The Labute approximate surface area is 132 Å². The van der Waals surface area contributed by atoms with Gasteiger partial charge < -0.3 is 15.4 Å². The molecule has 0 aliphatic heterocycles. The van der Waals surface area contributed by atoms with Gasteiger partial charge in [0.25, 0.3) is 0 Å². The summed E-state index contributed by atoms with van der Waals surface area (Å²) >= 11 is 3.40. The van der Waals surface area contributed by atoms with Crippen molar-refractivity contribution >= 4 is 27.6 Å². The van der Waals surface area contributed by atoms with E-state index < -0.39 is 0 Å². The van der Waals surface area contributed by atoms with Crippen LogP contribution in [0.1, 0.15) is 18.5 Å². The molecule has 0 saturated carbocycles. The Balaban J connectivity index is 1.97. The van der Waals surface area contributed by atoms with E-state index in [0.717, 1.165) is 21.5 Å². The minimum Gasteiger partial charge on any atom is -0.497 e. The highest BCUT2D eigenvalue weighted by atomic mass is 79.9. The largest absolute Gasteiger partial charge is 0.497 e. The smallest absolute Gasteiger partial charge is 0.319 e. The number of amides is 2. The fourth-order valence-electron chi connectivity index (χ4n) is 1.89. The van der Waals surface area contributed by atoms with Gasteiger partial charge in [-0.3, -0.25) is 0 Å². The fraction of sp³-hybridized carbons (Fsp3) is 0.188. The minimum absolute atomic E-state index is 0.0987. The molecule has 110 valence electrons. The molecule has 0 saturated heterocycles. The number of halogens is 1. The first kappa shape index (κ1) is 15.4. The van der Waals surface area contributed by atoms with Crippen LogP contribution in [0.3, 0.4) is 0 Å². The first-order valence-electron chi connectivity index (χ1n) is 6.56. The number of methoxy groups -OCH3 is 1. The van der Waals surface area contributed by atoms with Crippen LogP contribution in [0.2, 0.25) is 0 Å². The zero-order chi connectivity index (χ0) is 15.2. The summed E-state index contributed by atoms with van der Waals surface area (Å²) in [6.45, 7) is 1.93. The second-order valence-electron chi connectivity index (χ2n) is 4.57. The summed E-state index contributed by atoms with van der Waals surface area (Å²) in [4.78, 5) is 12.0. The van der Waals surface area contributed by atoms with E-state index in [1.54, 1.807) is 7.11 Å². The third kappa shape index (κ3) is 4.23. The molecule has 2 N–H and O–H groups in total. The Hall–Kier alpha value is -2.01. The topological polar surface area (TPSA) is 50.4 Å². The van der Waals surface area contributed by atoms with Crippen molar-refractivity contribution in [2.75, 3.05) is 12.4 Å². The summed E-state index contributed by atoms with van der Waals surface area (Å²) in [6.07, 6.45) is 0. The molecule has 0 aromatic heterocycles. The molecule has 5 heteroatoms. The highest BCUT2D eigenvalue weighted by Gasteiger charge is 2.10. The number of hydrogen-bond acceptors (Lipinski definition) is 2. The van der Waals surface area contributed by atoms with Crippen LogP contribution in [-0.2, 0) is 0 Å². The standard InChI is InChI=1S/C16H17BrN2O2/c1-11(12-7-9-13(21-2)10-8-12)18-16(20)19-15-6-4-3-5-14(15)17/h3-11H,1-2H3,(H2,18,19,20). The van der Waals surface area contributed by atoms with E-state index in [1.165, 1.54) is 0 Å². The highest BCUT2D eigenvalue weighted by Crippen LogP contribution is 2.21. The lowest BCUT2D eigenvalue weighted by Gasteiger charge is -2.16. The number of carbonyl (C=O) groups is 1. The van der Waals surface area contributed by atoms with Gasteiger partial charge in [0.1, 0.15) is 5.75 Å². The van der Waals surface area contributed by atoms with Crippen LogP contribution < -0.4 is 15.4 Å². The summed E-state index contributed by atoms with van der Waals surface area (Å²) in [5, 5.41) is 5.71. The second kappa shape index (κ2) is 7.13. The van der Waals surface area contributed by atoms with Gasteiger partial charge in [-0.05, 0) is 52.7 Å². The van der Waals surface area contributed by atoms with Gasteiger partial charge in [-0.25, -0.2) is 4.79 Å². The van der Waals surface area contributed by atoms with Crippen molar-refractivity contribution in [2.45, 2.75) is 13.0 Å². The molecule has 2 rings (SSSR count). The fourth-order valence-corrected chi connectivity index (χ4v) is 2.28. The Morgan fingerprint density at radius 3 is 2.43 bits per heavy atom. The number of rotatable bonds is 4. The van der Waals surface area contributed by atoms with Crippen LogP contribution in [0.5, 0.6) is 5.75 Å². The molecule has 0 heterocycles. The van der Waals surface area contributed by atoms with E-state index in [1.807, 2.05) is 55.5 Å². The highest BCUT2D eigenvalue weighted by molar-refractivity contribution is 9.10. The number of anilines is 1. The SMILES string of the molecule is COc1ccc(C(C)NC(=O)Nc2ccccc2Br)cc1. The summed E-state index contributed by atoms with van der Waals surface area (Å²) in [5.41, 5.74) is 1.75. The molecule has 1 atom stereocenters. The molecule has 0 spiro atoms. The maximum absolute atomic E-state index is 12.0. The average Bonchev–Trinajstić information content (AvgIpc) is 2.49. The number of ether oxygens (including phenoxy) is 1. The van der Waals surface area contributed by atoms with Crippen molar-refractivity contribution < 1.29 is 9.53 Å². The van der Waals surface area contributed by atoms with Crippen LogP contribution in [0.15, 0.2) is 53.0 Å². The molecule has 2 aromatic rings. The van der Waals surface area contributed by atoms with Gasteiger partial charge in [-0.1, -0.05) is 24.3 Å². The third-order valence-electron chi connectivity index (χ3n) is 3.09. The Morgan fingerprint density at radius 1 is 1.14 bits per heavy atom. The van der Waals surface area contributed by atoms with Crippen molar-refractivity contribution in [3.63, 3.8) is 0 Å². The summed E-state index contributed by atoms with van der Waals surface area (Å²) in [5.74, 6) is 0.795. The summed E-state index contributed by atoms with van der Waals surface area (Å²) in [7, 11) is 1.63. The van der Waals surface area contributed by atoms with Gasteiger partial charge >= 0.3 is 6.03 Å². The minimum atomic E-state index is -0.245. The van der Waals surface area contributed by atoms with E-state index in [0.29, 0.717) is 0 Å². The van der Waals surface area contributed by atoms with Gasteiger partial charge in [0.2, 0.25) is 0 Å². The summed E-state index contributed by atoms with van der Waals surface area (Å²) < 4.78 is 5.96. The van der Waals surface area contributed by atoms with E-state index in [9.17, 15) is 4.79 Å². The van der Waals surface area contributed by atoms with Crippen molar-refractivity contribution in [1.82, 2.24) is 5.32 Å². The van der Waals surface area contributed by atoms with Crippen LogP contribution in [-0.4, -0.2) is 13.1 Å². The monoisotopic (exact) mass is 348 g/mol. The number of nitrogens with one attached hydrogen (secondary N) is 2. The van der Waals surface area contributed by atoms with Crippen LogP contribution in [0.4, 0.5) is 10.5 Å². The Morgan fingerprint density at radius 2 is 1.81 bits per heavy atom. The van der Waals surface area contributed by atoms with Gasteiger partial charge in [0.05, 0.1) is 18.8 Å². The first-order chi connectivity index (χ1) is 10.1. The number of benzene rings is 2. The normalized spacial score (nSPS) is 11.6. The number of urea groups is 1. The number of hydrogen-bond donors (Lipinski definition) is 2. The maximum atomic E-state index is 12.0. The molecule has 21 heavy (non-hydrogen) atoms. The molecule has 0 bridgehead atoms. The third-order valence-corrected chi connectivity index (χ3v) is 3.78. The summed E-state index contributed by atoms with van der Waals surface area (Å²) in [6, 6.07) is 14.7. The van der Waals surface area contributed by atoms with Crippen molar-refractivity contribution in [2.24, 2.45) is 0 Å². The average molecular weight is 349 g/mol. The lowest BCUT2D eigenvalue weighted by molar-refractivity contribution is 0.249. The molecule has 0 aliphatic rings. The van der Waals surface area contributed by atoms with Crippen molar-refractivity contribution in [1.29, 1.82) is 0 Å². The van der Waals surface area contributed by atoms with Crippen LogP contribution in [0, 0.1) is 0 Å². The van der Waals surface area contributed by atoms with Crippen LogP contribution in [0.25, 0.3) is 0 Å². The van der Waals surface area contributed by atoms with E-state index >= 15 is 0 Å². The molecule has 4 nitrogen and oxygen atoms in total. The molecule has 2 aromatic carbocycles. The zero-order valence-corrected chi connectivity index (χ0v) is 13.5. The van der Waals surface area contributed by atoms with Crippen molar-refractivity contribution in [3.8, 4) is 5.75 Å². The lowest BCUT2D eigenvalue weighted by atomic mass is 10.1. The molecular formula is C16H17BrN2O2. The van der Waals surface area contributed by atoms with E-state index in [-0.39, 0.29) is 12.1 Å². The molecule has 0 radical (unpaired) electrons. The van der Waals surface area contributed by atoms with Crippen LogP contribution >= 0.6 is 15.9 Å². The van der Waals surface area contributed by atoms with Gasteiger partial charge in [-0.15, -0.1) is 0 Å². The molecule has 0 fully saturated rings. The lowest BCUT2D eigenvalue weighted by Crippen LogP contribution is -2.31. The Bertz CT molecular complexity index is 614.